The number of ketones is 1. The summed E-state index contributed by atoms with van der Waals surface area (Å²) in [6, 6.07) is 3.55. The Morgan fingerprint density at radius 3 is 2.39 bits per heavy atom. The van der Waals surface area contributed by atoms with Crippen molar-refractivity contribution in [2.75, 3.05) is 7.11 Å². The highest BCUT2D eigenvalue weighted by atomic mass is 16.5. The highest BCUT2D eigenvalue weighted by Gasteiger charge is 2.21. The van der Waals surface area contributed by atoms with E-state index in [0.29, 0.717) is 24.0 Å². The second-order valence-electron chi connectivity index (χ2n) is 7.51. The zero-order valence-electron chi connectivity index (χ0n) is 17.6. The standard InChI is InChI=1S/C24H24O7/c1-12(2)16(26)8-6-13(3)5-7-15-21-20(11-18(28)24(15)30-4)31-19-10-14(25)9-17(27)22(19)23(21)29/h5,9-11,25,27-28H,1,6-8H2,2-4H3/b13-5+. The number of phenolic OH excluding ortho intramolecular Hbond substituents is 3. The number of carbonyl (C=O) groups is 1. The van der Waals surface area contributed by atoms with Gasteiger partial charge in [0.15, 0.2) is 17.3 Å². The summed E-state index contributed by atoms with van der Waals surface area (Å²) in [5.41, 5.74) is 1.40. The third kappa shape index (κ3) is 4.26. The van der Waals surface area contributed by atoms with Crippen molar-refractivity contribution in [2.45, 2.75) is 33.1 Å². The molecule has 0 atom stereocenters. The zero-order valence-corrected chi connectivity index (χ0v) is 17.6. The van der Waals surface area contributed by atoms with Crippen molar-refractivity contribution in [2.24, 2.45) is 0 Å². The molecule has 0 fully saturated rings. The maximum Gasteiger partial charge on any atom is 0.204 e. The first-order valence-electron chi connectivity index (χ1n) is 9.69. The van der Waals surface area contributed by atoms with Gasteiger partial charge in [-0.25, -0.2) is 0 Å². The van der Waals surface area contributed by atoms with Crippen LogP contribution in [0.15, 0.2) is 51.2 Å². The Morgan fingerprint density at radius 1 is 1.06 bits per heavy atom. The van der Waals surface area contributed by atoms with E-state index in [0.717, 1.165) is 11.6 Å². The predicted octanol–water partition coefficient (Wildman–Crippen LogP) is 4.49. The second-order valence-corrected chi connectivity index (χ2v) is 7.51. The van der Waals surface area contributed by atoms with Crippen molar-refractivity contribution in [1.29, 1.82) is 0 Å². The average Bonchev–Trinajstić information content (AvgIpc) is 2.68. The molecule has 0 aliphatic rings. The highest BCUT2D eigenvalue weighted by molar-refractivity contribution is 5.97. The van der Waals surface area contributed by atoms with Gasteiger partial charge in [0.25, 0.3) is 0 Å². The van der Waals surface area contributed by atoms with Crippen LogP contribution in [0.3, 0.4) is 0 Å². The first kappa shape index (κ1) is 22.0. The van der Waals surface area contributed by atoms with Gasteiger partial charge in [-0.15, -0.1) is 0 Å². The fraction of sp³-hybridized carbons (Fsp3) is 0.250. The van der Waals surface area contributed by atoms with Gasteiger partial charge < -0.3 is 24.5 Å². The van der Waals surface area contributed by atoms with Crippen molar-refractivity contribution < 1.29 is 29.3 Å². The second kappa shape index (κ2) is 8.55. The van der Waals surface area contributed by atoms with Crippen LogP contribution in [0.4, 0.5) is 0 Å². The van der Waals surface area contributed by atoms with Gasteiger partial charge in [0, 0.05) is 30.2 Å². The molecular formula is C24H24O7. The van der Waals surface area contributed by atoms with E-state index in [4.69, 9.17) is 9.15 Å². The first-order valence-corrected chi connectivity index (χ1v) is 9.69. The van der Waals surface area contributed by atoms with Gasteiger partial charge in [-0.3, -0.25) is 9.59 Å². The number of phenols is 3. The number of carbonyl (C=O) groups excluding carboxylic acids is 1. The molecule has 0 spiro atoms. The molecule has 0 amide bonds. The van der Waals surface area contributed by atoms with Crippen molar-refractivity contribution in [1.82, 2.24) is 0 Å². The van der Waals surface area contributed by atoms with E-state index >= 15 is 0 Å². The van der Waals surface area contributed by atoms with E-state index in [-0.39, 0.29) is 51.4 Å². The van der Waals surface area contributed by atoms with Gasteiger partial charge in [0.2, 0.25) is 5.43 Å². The molecular weight excluding hydrogens is 400 g/mol. The maximum absolute atomic E-state index is 13.2. The molecule has 162 valence electrons. The van der Waals surface area contributed by atoms with E-state index in [2.05, 4.69) is 6.58 Å². The Bertz CT molecular complexity index is 1300. The van der Waals surface area contributed by atoms with Crippen LogP contribution in [0.2, 0.25) is 0 Å². The van der Waals surface area contributed by atoms with E-state index in [9.17, 15) is 24.9 Å². The third-order valence-corrected chi connectivity index (χ3v) is 5.14. The van der Waals surface area contributed by atoms with Crippen molar-refractivity contribution in [3.63, 3.8) is 0 Å². The Kier molecular flexibility index (Phi) is 6.06. The monoisotopic (exact) mass is 424 g/mol. The summed E-state index contributed by atoms with van der Waals surface area (Å²) in [6.45, 7) is 7.19. The minimum absolute atomic E-state index is 0.00412. The minimum Gasteiger partial charge on any atom is -0.508 e. The average molecular weight is 424 g/mol. The number of ether oxygens (including phenoxy) is 1. The third-order valence-electron chi connectivity index (χ3n) is 5.14. The summed E-state index contributed by atoms with van der Waals surface area (Å²) in [7, 11) is 1.38. The van der Waals surface area contributed by atoms with Crippen LogP contribution in [-0.2, 0) is 11.2 Å². The molecule has 1 heterocycles. The summed E-state index contributed by atoms with van der Waals surface area (Å²) in [6.07, 6.45) is 2.95. The van der Waals surface area contributed by atoms with Crippen molar-refractivity contribution >= 4 is 27.7 Å². The number of rotatable bonds is 7. The van der Waals surface area contributed by atoms with Gasteiger partial charge in [0.05, 0.1) is 12.5 Å². The number of methoxy groups -OCH3 is 1. The van der Waals surface area contributed by atoms with Crippen LogP contribution in [0, 0.1) is 0 Å². The number of hydrogen-bond acceptors (Lipinski definition) is 7. The van der Waals surface area contributed by atoms with Crippen LogP contribution in [0.5, 0.6) is 23.0 Å². The summed E-state index contributed by atoms with van der Waals surface area (Å²) in [4.78, 5) is 25.0. The Balaban J connectivity index is 2.16. The zero-order chi connectivity index (χ0) is 22.9. The first-order chi connectivity index (χ1) is 14.6. The number of hydrogen-bond donors (Lipinski definition) is 3. The molecule has 0 radical (unpaired) electrons. The number of allylic oxidation sites excluding steroid dienone is 3. The molecule has 0 saturated heterocycles. The molecule has 0 aliphatic heterocycles. The van der Waals surface area contributed by atoms with Crippen LogP contribution in [0.1, 0.15) is 32.3 Å². The Labute approximate surface area is 178 Å². The fourth-order valence-electron chi connectivity index (χ4n) is 3.47. The van der Waals surface area contributed by atoms with Gasteiger partial charge in [-0.1, -0.05) is 18.2 Å². The van der Waals surface area contributed by atoms with Crippen LogP contribution in [0.25, 0.3) is 21.9 Å². The largest absolute Gasteiger partial charge is 0.508 e. The molecule has 0 saturated carbocycles. The number of Topliss-reactive ketones (excluding diaryl/α,β-unsaturated/α-hetero) is 1. The molecule has 1 aromatic heterocycles. The van der Waals surface area contributed by atoms with Crippen LogP contribution in [-0.4, -0.2) is 28.2 Å². The Morgan fingerprint density at radius 2 is 1.74 bits per heavy atom. The van der Waals surface area contributed by atoms with Crippen molar-refractivity contribution in [3.05, 3.63) is 57.8 Å². The minimum atomic E-state index is -0.509. The van der Waals surface area contributed by atoms with Crippen molar-refractivity contribution in [3.8, 4) is 23.0 Å². The molecule has 7 nitrogen and oxygen atoms in total. The fourth-order valence-corrected chi connectivity index (χ4v) is 3.47. The molecule has 3 N–H and O–H groups in total. The summed E-state index contributed by atoms with van der Waals surface area (Å²) in [5, 5.41) is 30.4. The molecule has 0 bridgehead atoms. The van der Waals surface area contributed by atoms with E-state index < -0.39 is 11.2 Å². The van der Waals surface area contributed by atoms with E-state index in [1.54, 1.807) is 6.92 Å². The van der Waals surface area contributed by atoms with Gasteiger partial charge >= 0.3 is 0 Å². The molecule has 0 aliphatic carbocycles. The molecule has 3 aromatic rings. The lowest BCUT2D eigenvalue weighted by molar-refractivity contribution is -0.115. The molecule has 3 rings (SSSR count). The number of fused-ring (bicyclic) bond motifs is 2. The normalized spacial score (nSPS) is 11.8. The molecule has 2 aromatic carbocycles. The Hall–Kier alpha value is -3.74. The lowest BCUT2D eigenvalue weighted by Crippen LogP contribution is -2.07. The summed E-state index contributed by atoms with van der Waals surface area (Å²) >= 11 is 0. The number of benzene rings is 2. The summed E-state index contributed by atoms with van der Waals surface area (Å²) in [5.74, 6) is -0.763. The number of aromatic hydroxyl groups is 3. The van der Waals surface area contributed by atoms with E-state index in [1.807, 2.05) is 13.0 Å². The smallest absolute Gasteiger partial charge is 0.204 e. The molecule has 31 heavy (non-hydrogen) atoms. The summed E-state index contributed by atoms with van der Waals surface area (Å²) < 4.78 is 11.0. The predicted molar refractivity (Wildman–Crippen MR) is 118 cm³/mol. The maximum atomic E-state index is 13.2. The lowest BCUT2D eigenvalue weighted by atomic mass is 9.99. The van der Waals surface area contributed by atoms with Gasteiger partial charge in [-0.2, -0.15) is 0 Å². The van der Waals surface area contributed by atoms with Gasteiger partial charge in [0.1, 0.15) is 28.1 Å². The molecule has 7 heteroatoms. The van der Waals surface area contributed by atoms with Crippen LogP contribution >= 0.6 is 0 Å². The van der Waals surface area contributed by atoms with Gasteiger partial charge in [-0.05, 0) is 32.3 Å². The van der Waals surface area contributed by atoms with Crippen LogP contribution < -0.4 is 10.2 Å². The quantitative estimate of drug-likeness (QED) is 0.291. The highest BCUT2D eigenvalue weighted by Crippen LogP contribution is 2.39. The molecule has 0 unspecified atom stereocenters. The topological polar surface area (TPSA) is 117 Å². The lowest BCUT2D eigenvalue weighted by Gasteiger charge is -2.13. The SMILES string of the molecule is C=C(C)C(=O)CC/C(C)=C/Cc1c(OC)c(O)cc2oc3cc(O)cc(O)c3c(=O)c12. The van der Waals surface area contributed by atoms with E-state index in [1.165, 1.54) is 19.2 Å².